The van der Waals surface area contributed by atoms with E-state index >= 15 is 0 Å². The van der Waals surface area contributed by atoms with Crippen molar-refractivity contribution >= 4 is 5.91 Å². The Kier molecular flexibility index (Phi) is 5.46. The smallest absolute Gasteiger partial charge is 0.339 e. The zero-order valence-electron chi connectivity index (χ0n) is 16.9. The largest absolute Gasteiger partial charge is 0.416 e. The highest BCUT2D eigenvalue weighted by atomic mass is 19.4. The lowest BCUT2D eigenvalue weighted by Crippen LogP contribution is -2.39. The first-order valence-corrected chi connectivity index (χ1v) is 10.4. The van der Waals surface area contributed by atoms with E-state index in [1.165, 1.54) is 16.8 Å². The molecule has 2 aliphatic rings. The fourth-order valence-corrected chi connectivity index (χ4v) is 4.63. The fraction of sp³-hybridized carbons (Fsp3) is 0.571. The molecule has 1 amide bonds. The molecule has 1 aromatic heterocycles. The Balaban J connectivity index is 1.48. The predicted octanol–water partition coefficient (Wildman–Crippen LogP) is 3.74. The summed E-state index contributed by atoms with van der Waals surface area (Å²) in [5, 5.41) is 4.48. The highest BCUT2D eigenvalue weighted by Gasteiger charge is 2.33. The van der Waals surface area contributed by atoms with Gasteiger partial charge in [-0.25, -0.2) is 9.48 Å². The highest BCUT2D eigenvalue weighted by Crippen LogP contribution is 2.34. The van der Waals surface area contributed by atoms with E-state index in [-0.39, 0.29) is 23.2 Å². The normalized spacial score (nSPS) is 18.9. The maximum absolute atomic E-state index is 13.0. The van der Waals surface area contributed by atoms with Gasteiger partial charge in [0.05, 0.1) is 5.56 Å². The van der Waals surface area contributed by atoms with Gasteiger partial charge in [0.15, 0.2) is 0 Å². The number of hydrogen-bond acceptors (Lipinski definition) is 3. The van der Waals surface area contributed by atoms with E-state index in [2.05, 4.69) is 5.10 Å². The zero-order chi connectivity index (χ0) is 21.5. The summed E-state index contributed by atoms with van der Waals surface area (Å²) in [6.07, 6.45) is 0.954. The third-order valence-electron chi connectivity index (χ3n) is 6.26. The van der Waals surface area contributed by atoms with Gasteiger partial charge in [-0.3, -0.25) is 9.36 Å². The lowest BCUT2D eigenvalue weighted by atomic mass is 9.95. The molecular weight excluding hydrogens is 397 g/mol. The van der Waals surface area contributed by atoms with Crippen molar-refractivity contribution in [2.45, 2.75) is 56.7 Å². The number of rotatable bonds is 3. The van der Waals surface area contributed by atoms with Crippen molar-refractivity contribution in [2.75, 3.05) is 13.1 Å². The van der Waals surface area contributed by atoms with Gasteiger partial charge < -0.3 is 4.90 Å². The van der Waals surface area contributed by atoms with Gasteiger partial charge in [-0.1, -0.05) is 18.9 Å². The van der Waals surface area contributed by atoms with Crippen molar-refractivity contribution in [1.82, 2.24) is 19.2 Å². The van der Waals surface area contributed by atoms with Gasteiger partial charge in [0.2, 0.25) is 0 Å². The third kappa shape index (κ3) is 3.89. The number of piperidine rings is 1. The summed E-state index contributed by atoms with van der Waals surface area (Å²) < 4.78 is 42.1. The minimum Gasteiger partial charge on any atom is -0.339 e. The lowest BCUT2D eigenvalue weighted by Gasteiger charge is -2.32. The molecule has 0 spiro atoms. The maximum Gasteiger partial charge on any atom is 0.416 e. The maximum atomic E-state index is 13.0. The Hall–Kier alpha value is -2.58. The molecule has 162 valence electrons. The summed E-state index contributed by atoms with van der Waals surface area (Å²) in [6.45, 7) is 0.852. The molecule has 0 radical (unpaired) electrons. The molecule has 0 bridgehead atoms. The molecule has 1 aliphatic carbocycles. The molecule has 0 N–H and O–H groups in total. The van der Waals surface area contributed by atoms with Crippen molar-refractivity contribution < 1.29 is 18.0 Å². The molecule has 1 aromatic carbocycles. The van der Waals surface area contributed by atoms with Gasteiger partial charge in [-0.05, 0) is 43.9 Å². The predicted molar refractivity (Wildman–Crippen MR) is 104 cm³/mol. The van der Waals surface area contributed by atoms with Crippen molar-refractivity contribution in [2.24, 2.45) is 7.05 Å². The first-order valence-electron chi connectivity index (χ1n) is 10.4. The van der Waals surface area contributed by atoms with Crippen LogP contribution in [-0.4, -0.2) is 38.2 Å². The Labute approximate surface area is 172 Å². The van der Waals surface area contributed by atoms with E-state index in [9.17, 15) is 22.8 Å². The lowest BCUT2D eigenvalue weighted by molar-refractivity contribution is -0.137. The Morgan fingerprint density at radius 2 is 1.77 bits per heavy atom. The molecule has 2 heterocycles. The van der Waals surface area contributed by atoms with Gasteiger partial charge in [-0.2, -0.15) is 18.3 Å². The van der Waals surface area contributed by atoms with E-state index in [0.29, 0.717) is 25.9 Å². The van der Waals surface area contributed by atoms with Crippen LogP contribution in [0.1, 0.15) is 72.2 Å². The van der Waals surface area contributed by atoms with Crippen LogP contribution >= 0.6 is 0 Å². The summed E-state index contributed by atoms with van der Waals surface area (Å²) in [5.41, 5.74) is -0.874. The second-order valence-corrected chi connectivity index (χ2v) is 8.22. The highest BCUT2D eigenvalue weighted by molar-refractivity contribution is 5.94. The molecule has 1 saturated heterocycles. The van der Waals surface area contributed by atoms with Gasteiger partial charge in [0.25, 0.3) is 5.91 Å². The topological polar surface area (TPSA) is 60.1 Å². The zero-order valence-corrected chi connectivity index (χ0v) is 16.9. The molecule has 2 fully saturated rings. The number of carbonyl (C=O) groups excluding carboxylic acids is 1. The molecule has 6 nitrogen and oxygen atoms in total. The number of amides is 1. The molecule has 1 aliphatic heterocycles. The molecule has 4 rings (SSSR count). The molecule has 0 atom stereocenters. The molecule has 0 unspecified atom stereocenters. The first-order chi connectivity index (χ1) is 14.3. The minimum atomic E-state index is -4.48. The monoisotopic (exact) mass is 422 g/mol. The summed E-state index contributed by atoms with van der Waals surface area (Å²) in [4.78, 5) is 26.9. The van der Waals surface area contributed by atoms with Crippen molar-refractivity contribution in [3.8, 4) is 0 Å². The number of likely N-dealkylation sites (tertiary alicyclic amines) is 1. The fourth-order valence-electron chi connectivity index (χ4n) is 4.63. The molecule has 30 heavy (non-hydrogen) atoms. The van der Waals surface area contributed by atoms with Gasteiger partial charge in [0, 0.05) is 37.7 Å². The number of carbonyl (C=O) groups is 1. The standard InChI is InChI=1S/C21H25F3N4O2/c1-26-20(30)28(17-7-2-3-8-17)18(25-26)14-9-11-27(12-10-14)19(29)15-5-4-6-16(13-15)21(22,23)24/h4-6,13-14,17H,2-3,7-12H2,1H3. The summed E-state index contributed by atoms with van der Waals surface area (Å²) in [6, 6.07) is 4.74. The van der Waals surface area contributed by atoms with Gasteiger partial charge in [-0.15, -0.1) is 0 Å². The van der Waals surface area contributed by atoms with Crippen molar-refractivity contribution in [3.63, 3.8) is 0 Å². The van der Waals surface area contributed by atoms with Crippen molar-refractivity contribution in [1.29, 1.82) is 0 Å². The van der Waals surface area contributed by atoms with Crippen LogP contribution in [0.25, 0.3) is 0 Å². The average molecular weight is 422 g/mol. The van der Waals surface area contributed by atoms with Crippen LogP contribution in [0.4, 0.5) is 13.2 Å². The van der Waals surface area contributed by atoms with Gasteiger partial charge in [0.1, 0.15) is 5.82 Å². The Morgan fingerprint density at radius 3 is 2.40 bits per heavy atom. The molecule has 2 aromatic rings. The number of hydrogen-bond donors (Lipinski definition) is 0. The number of alkyl halides is 3. The Morgan fingerprint density at radius 1 is 1.10 bits per heavy atom. The van der Waals surface area contributed by atoms with Crippen molar-refractivity contribution in [3.05, 3.63) is 51.7 Å². The number of nitrogens with zero attached hydrogens (tertiary/aromatic N) is 4. The van der Waals surface area contributed by atoms with Gasteiger partial charge >= 0.3 is 11.9 Å². The van der Waals surface area contributed by atoms with Crippen LogP contribution in [-0.2, 0) is 13.2 Å². The molecule has 1 saturated carbocycles. The van der Waals surface area contributed by atoms with E-state index < -0.39 is 17.6 Å². The van der Waals surface area contributed by atoms with Crippen LogP contribution in [0.2, 0.25) is 0 Å². The molecular formula is C21H25F3N4O2. The second kappa shape index (κ2) is 7.92. The summed E-state index contributed by atoms with van der Waals surface area (Å²) in [7, 11) is 1.66. The summed E-state index contributed by atoms with van der Waals surface area (Å²) >= 11 is 0. The molecule has 9 heteroatoms. The number of aryl methyl sites for hydroxylation is 1. The Bertz CT molecular complexity index is 981. The first kappa shape index (κ1) is 20.7. The quantitative estimate of drug-likeness (QED) is 0.757. The third-order valence-corrected chi connectivity index (χ3v) is 6.26. The van der Waals surface area contributed by atoms with E-state index in [4.69, 9.17) is 0 Å². The van der Waals surface area contributed by atoms with Crippen LogP contribution in [0, 0.1) is 0 Å². The van der Waals surface area contributed by atoms with Crippen LogP contribution < -0.4 is 5.69 Å². The van der Waals surface area contributed by atoms with Crippen LogP contribution in [0.5, 0.6) is 0 Å². The number of aromatic nitrogens is 3. The van der Waals surface area contributed by atoms with E-state index in [1.807, 2.05) is 4.57 Å². The second-order valence-electron chi connectivity index (χ2n) is 8.22. The SMILES string of the molecule is Cn1nc(C2CCN(C(=O)c3cccc(C(F)(F)F)c3)CC2)n(C2CCCC2)c1=O. The summed E-state index contributed by atoms with van der Waals surface area (Å²) in [5.74, 6) is 0.444. The van der Waals surface area contributed by atoms with Crippen LogP contribution in [0.15, 0.2) is 29.1 Å². The minimum absolute atomic E-state index is 0.0453. The number of benzene rings is 1. The van der Waals surface area contributed by atoms with E-state index in [1.54, 1.807) is 11.9 Å². The van der Waals surface area contributed by atoms with E-state index in [0.717, 1.165) is 43.6 Å². The number of halogens is 3. The average Bonchev–Trinajstić information content (AvgIpc) is 3.35. The van der Waals surface area contributed by atoms with Crippen LogP contribution in [0.3, 0.4) is 0 Å².